The molecular weight excluding hydrogens is 330 g/mol. The number of Topliss-reactive ketones (excluding diaryl/α,β-unsaturated/α-hetero) is 1. The predicted octanol–water partition coefficient (Wildman–Crippen LogP) is 3.69. The summed E-state index contributed by atoms with van der Waals surface area (Å²) < 4.78 is 5.45. The largest absolute Gasteiger partial charge is 0.477 e. The first-order valence-corrected chi connectivity index (χ1v) is 7.42. The highest BCUT2D eigenvalue weighted by atomic mass is 35.5. The Labute approximate surface area is 142 Å². The van der Waals surface area contributed by atoms with Crippen molar-refractivity contribution in [2.75, 3.05) is 5.32 Å². The Hall–Kier alpha value is -3.05. The van der Waals surface area contributed by atoms with Crippen molar-refractivity contribution >= 4 is 35.1 Å². The normalized spacial score (nSPS) is 15.5. The lowest BCUT2D eigenvalue weighted by atomic mass is 10.1. The van der Waals surface area contributed by atoms with E-state index in [4.69, 9.17) is 16.3 Å². The van der Waals surface area contributed by atoms with E-state index >= 15 is 0 Å². The van der Waals surface area contributed by atoms with Crippen LogP contribution in [0.15, 0.2) is 71.8 Å². The molecule has 0 unspecified atom stereocenters. The third-order valence-corrected chi connectivity index (χ3v) is 3.67. The van der Waals surface area contributed by atoms with Gasteiger partial charge in [-0.2, -0.15) is 0 Å². The van der Waals surface area contributed by atoms with Crippen LogP contribution in [0.25, 0.3) is 6.08 Å². The third-order valence-electron chi connectivity index (χ3n) is 3.33. The third kappa shape index (κ3) is 3.16. The van der Waals surface area contributed by atoms with Crippen molar-refractivity contribution in [2.24, 2.45) is 0 Å². The number of ether oxygens (including phenoxy) is 1. The molecule has 0 bridgehead atoms. The Bertz CT molecular complexity index is 872. The van der Waals surface area contributed by atoms with Crippen LogP contribution >= 0.6 is 11.6 Å². The number of aliphatic carboxylic acids is 1. The molecule has 2 aromatic carbocycles. The SMILES string of the molecule is O=C(O)C1=C(Nc2ccccc2)O/C(=C\c2ccccc2Cl)C1=O. The summed E-state index contributed by atoms with van der Waals surface area (Å²) in [5.74, 6) is -2.28. The standard InChI is InChI=1S/C18H12ClNO4/c19-13-9-5-4-6-11(13)10-14-16(21)15(18(22)23)17(24-14)20-12-7-2-1-3-8-12/h1-10,20H,(H,22,23)/b14-10-. The molecular formula is C18H12ClNO4. The van der Waals surface area contributed by atoms with Gasteiger partial charge in [0.15, 0.2) is 11.3 Å². The number of ketones is 1. The number of carbonyl (C=O) groups is 2. The number of hydrogen-bond donors (Lipinski definition) is 2. The molecule has 0 radical (unpaired) electrons. The number of carboxylic acids is 1. The molecule has 2 N–H and O–H groups in total. The molecule has 2 aromatic rings. The fraction of sp³-hybridized carbons (Fsp3) is 0. The van der Waals surface area contributed by atoms with E-state index in [2.05, 4.69) is 5.32 Å². The number of carboxylic acid groups (broad SMARTS) is 1. The van der Waals surface area contributed by atoms with Crippen LogP contribution in [0.3, 0.4) is 0 Å². The molecule has 0 fully saturated rings. The molecule has 1 heterocycles. The molecule has 0 aliphatic carbocycles. The first-order valence-electron chi connectivity index (χ1n) is 7.04. The van der Waals surface area contributed by atoms with E-state index < -0.39 is 17.3 Å². The minimum atomic E-state index is -1.36. The van der Waals surface area contributed by atoms with Gasteiger partial charge in [0.05, 0.1) is 0 Å². The summed E-state index contributed by atoms with van der Waals surface area (Å²) >= 11 is 6.06. The van der Waals surface area contributed by atoms with Crippen LogP contribution in [-0.2, 0) is 14.3 Å². The van der Waals surface area contributed by atoms with Gasteiger partial charge in [0.2, 0.25) is 11.7 Å². The minimum Gasteiger partial charge on any atom is -0.477 e. The van der Waals surface area contributed by atoms with E-state index in [0.29, 0.717) is 16.3 Å². The van der Waals surface area contributed by atoms with Gasteiger partial charge in [0.1, 0.15) is 0 Å². The number of para-hydroxylation sites is 1. The maximum absolute atomic E-state index is 12.3. The van der Waals surface area contributed by atoms with Gasteiger partial charge in [0.25, 0.3) is 0 Å². The van der Waals surface area contributed by atoms with Gasteiger partial charge in [-0.25, -0.2) is 4.79 Å². The van der Waals surface area contributed by atoms with Gasteiger partial charge in [0, 0.05) is 10.7 Å². The summed E-state index contributed by atoms with van der Waals surface area (Å²) in [7, 11) is 0. The number of benzene rings is 2. The predicted molar refractivity (Wildman–Crippen MR) is 90.2 cm³/mol. The van der Waals surface area contributed by atoms with Crippen molar-refractivity contribution in [3.05, 3.63) is 82.4 Å². The molecule has 0 atom stereocenters. The van der Waals surface area contributed by atoms with Gasteiger partial charge < -0.3 is 15.2 Å². The number of carbonyl (C=O) groups excluding carboxylic acids is 1. The van der Waals surface area contributed by atoms with Crippen molar-refractivity contribution in [2.45, 2.75) is 0 Å². The molecule has 1 aliphatic rings. The molecule has 3 rings (SSSR count). The minimum absolute atomic E-state index is 0.0982. The summed E-state index contributed by atoms with van der Waals surface area (Å²) in [5, 5.41) is 12.6. The molecule has 5 nitrogen and oxygen atoms in total. The van der Waals surface area contributed by atoms with E-state index in [1.807, 2.05) is 6.07 Å². The van der Waals surface area contributed by atoms with Crippen LogP contribution in [0.5, 0.6) is 0 Å². The molecule has 1 aliphatic heterocycles. The topological polar surface area (TPSA) is 75.6 Å². The number of nitrogens with one attached hydrogen (secondary N) is 1. The summed E-state index contributed by atoms with van der Waals surface area (Å²) in [4.78, 5) is 23.8. The van der Waals surface area contributed by atoms with E-state index in [1.165, 1.54) is 6.08 Å². The fourth-order valence-electron chi connectivity index (χ4n) is 2.20. The zero-order valence-electron chi connectivity index (χ0n) is 12.3. The molecule has 0 saturated carbocycles. The van der Waals surface area contributed by atoms with E-state index in [-0.39, 0.29) is 11.6 Å². The van der Waals surface area contributed by atoms with E-state index in [9.17, 15) is 14.7 Å². The maximum Gasteiger partial charge on any atom is 0.345 e. The molecule has 24 heavy (non-hydrogen) atoms. The lowest BCUT2D eigenvalue weighted by Crippen LogP contribution is -2.12. The van der Waals surface area contributed by atoms with Crippen molar-refractivity contribution in [3.63, 3.8) is 0 Å². The van der Waals surface area contributed by atoms with Crippen LogP contribution in [-0.4, -0.2) is 16.9 Å². The van der Waals surface area contributed by atoms with Gasteiger partial charge in [-0.15, -0.1) is 0 Å². The zero-order chi connectivity index (χ0) is 17.1. The van der Waals surface area contributed by atoms with E-state index in [1.54, 1.807) is 48.5 Å². The lowest BCUT2D eigenvalue weighted by Gasteiger charge is -2.07. The smallest absolute Gasteiger partial charge is 0.345 e. The first kappa shape index (κ1) is 15.8. The number of rotatable bonds is 4. The quantitative estimate of drug-likeness (QED) is 0.655. The van der Waals surface area contributed by atoms with Crippen LogP contribution in [0.1, 0.15) is 5.56 Å². The number of allylic oxidation sites excluding steroid dienone is 1. The van der Waals surface area contributed by atoms with Crippen molar-refractivity contribution in [3.8, 4) is 0 Å². The molecule has 120 valence electrons. The second-order valence-corrected chi connectivity index (χ2v) is 5.37. The molecule has 0 aromatic heterocycles. The number of anilines is 1. The van der Waals surface area contributed by atoms with Crippen LogP contribution in [0.2, 0.25) is 5.02 Å². The molecule has 6 heteroatoms. The summed E-state index contributed by atoms with van der Waals surface area (Å²) in [6, 6.07) is 15.7. The Balaban J connectivity index is 1.95. The second-order valence-electron chi connectivity index (χ2n) is 4.96. The summed E-state index contributed by atoms with van der Waals surface area (Å²) in [6.07, 6.45) is 1.42. The monoisotopic (exact) mass is 341 g/mol. The Kier molecular flexibility index (Phi) is 4.35. The molecule has 0 saturated heterocycles. The highest BCUT2D eigenvalue weighted by Gasteiger charge is 2.36. The van der Waals surface area contributed by atoms with Crippen molar-refractivity contribution in [1.82, 2.24) is 0 Å². The van der Waals surface area contributed by atoms with Crippen LogP contribution in [0, 0.1) is 0 Å². The van der Waals surface area contributed by atoms with E-state index in [0.717, 1.165) is 0 Å². The highest BCUT2D eigenvalue weighted by molar-refractivity contribution is 6.32. The molecule has 0 spiro atoms. The number of hydrogen-bond acceptors (Lipinski definition) is 4. The zero-order valence-corrected chi connectivity index (χ0v) is 13.1. The van der Waals surface area contributed by atoms with Crippen molar-refractivity contribution < 1.29 is 19.4 Å². The Morgan fingerprint density at radius 3 is 2.42 bits per heavy atom. The summed E-state index contributed by atoms with van der Waals surface area (Å²) in [6.45, 7) is 0. The van der Waals surface area contributed by atoms with Gasteiger partial charge >= 0.3 is 5.97 Å². The Morgan fingerprint density at radius 2 is 1.75 bits per heavy atom. The molecule has 0 amide bonds. The van der Waals surface area contributed by atoms with Crippen LogP contribution in [0.4, 0.5) is 5.69 Å². The lowest BCUT2D eigenvalue weighted by molar-refractivity contribution is -0.134. The fourth-order valence-corrected chi connectivity index (χ4v) is 2.39. The van der Waals surface area contributed by atoms with Gasteiger partial charge in [-0.3, -0.25) is 4.79 Å². The van der Waals surface area contributed by atoms with Crippen LogP contribution < -0.4 is 5.32 Å². The average Bonchev–Trinajstić information content (AvgIpc) is 2.86. The summed E-state index contributed by atoms with van der Waals surface area (Å²) in [5.41, 5.74) is 0.725. The van der Waals surface area contributed by atoms with Crippen molar-refractivity contribution in [1.29, 1.82) is 0 Å². The average molecular weight is 342 g/mol. The van der Waals surface area contributed by atoms with Gasteiger partial charge in [-0.1, -0.05) is 48.0 Å². The Morgan fingerprint density at radius 1 is 1.08 bits per heavy atom. The number of halogens is 1. The maximum atomic E-state index is 12.3. The first-order chi connectivity index (χ1) is 11.6. The second kappa shape index (κ2) is 6.60. The van der Waals surface area contributed by atoms with Gasteiger partial charge in [-0.05, 0) is 29.8 Å². The highest BCUT2D eigenvalue weighted by Crippen LogP contribution is 2.29.